The Morgan fingerprint density at radius 2 is 1.90 bits per heavy atom. The van der Waals surface area contributed by atoms with Crippen LogP contribution in [0.5, 0.6) is 0 Å². The third kappa shape index (κ3) is 3.37. The zero-order valence-electron chi connectivity index (χ0n) is 15.9. The lowest BCUT2D eigenvalue weighted by atomic mass is 10.0. The van der Waals surface area contributed by atoms with Crippen molar-refractivity contribution in [3.05, 3.63) is 58.7 Å². The number of nitrogens with zero attached hydrogens (tertiary/aromatic N) is 7. The van der Waals surface area contributed by atoms with Crippen LogP contribution in [0.1, 0.15) is 39.9 Å². The molecule has 0 bridgehead atoms. The highest BCUT2D eigenvalue weighted by atomic mass is 19.4. The monoisotopic (exact) mass is 421 g/mol. The number of fused-ring (bicyclic) bond motifs is 1. The first-order valence-corrected chi connectivity index (χ1v) is 8.92. The molecule has 1 unspecified atom stereocenters. The first-order valence-electron chi connectivity index (χ1n) is 8.92. The third-order valence-electron chi connectivity index (χ3n) is 4.94. The minimum Gasteiger partial charge on any atom is -0.329 e. The normalized spacial score (nSPS) is 16.5. The molecule has 12 heteroatoms. The van der Waals surface area contributed by atoms with E-state index in [2.05, 4.69) is 25.3 Å². The maximum absolute atomic E-state index is 13.2. The Hall–Kier alpha value is -3.44. The molecule has 1 aliphatic heterocycles. The Morgan fingerprint density at radius 3 is 2.57 bits per heavy atom. The van der Waals surface area contributed by atoms with Crippen molar-refractivity contribution in [1.82, 2.24) is 34.8 Å². The van der Waals surface area contributed by atoms with Crippen LogP contribution in [0, 0.1) is 12.7 Å². The first kappa shape index (κ1) is 19.9. The number of hydrogen-bond acceptors (Lipinski definition) is 6. The van der Waals surface area contributed by atoms with Crippen molar-refractivity contribution in [3.63, 3.8) is 0 Å². The minimum atomic E-state index is -4.65. The molecule has 8 nitrogen and oxygen atoms in total. The Labute approximate surface area is 167 Å². The summed E-state index contributed by atoms with van der Waals surface area (Å²) >= 11 is 0. The zero-order valence-corrected chi connectivity index (χ0v) is 15.9. The van der Waals surface area contributed by atoms with Crippen LogP contribution >= 0.6 is 0 Å². The summed E-state index contributed by atoms with van der Waals surface area (Å²) in [7, 11) is 0. The van der Waals surface area contributed by atoms with Crippen LogP contribution in [0.15, 0.2) is 24.7 Å². The smallest absolute Gasteiger partial charge is 0.329 e. The number of hydrogen-bond donors (Lipinski definition) is 0. The van der Waals surface area contributed by atoms with Gasteiger partial charge < -0.3 is 4.90 Å². The molecular weight excluding hydrogens is 406 g/mol. The molecule has 0 aromatic carbocycles. The van der Waals surface area contributed by atoms with E-state index in [1.54, 1.807) is 6.92 Å². The number of carbonyl (C=O) groups is 1. The van der Waals surface area contributed by atoms with E-state index in [4.69, 9.17) is 0 Å². The lowest BCUT2D eigenvalue weighted by Gasteiger charge is -2.33. The van der Waals surface area contributed by atoms with Gasteiger partial charge in [-0.05, 0) is 25.5 Å². The van der Waals surface area contributed by atoms with Crippen molar-refractivity contribution in [2.24, 2.45) is 0 Å². The lowest BCUT2D eigenvalue weighted by Crippen LogP contribution is -2.43. The Bertz CT molecular complexity index is 1110. The summed E-state index contributed by atoms with van der Waals surface area (Å²) in [6.45, 7) is 3.05. The fourth-order valence-electron chi connectivity index (χ4n) is 3.42. The van der Waals surface area contributed by atoms with E-state index in [9.17, 15) is 22.4 Å². The van der Waals surface area contributed by atoms with Gasteiger partial charge in [0.25, 0.3) is 11.9 Å². The van der Waals surface area contributed by atoms with Crippen LogP contribution in [0.2, 0.25) is 0 Å². The van der Waals surface area contributed by atoms with E-state index in [1.807, 2.05) is 0 Å². The molecule has 4 rings (SSSR count). The molecular formula is C18H15F4N7O. The van der Waals surface area contributed by atoms with Crippen molar-refractivity contribution in [2.45, 2.75) is 39.0 Å². The molecule has 156 valence electrons. The molecule has 0 aliphatic carbocycles. The van der Waals surface area contributed by atoms with Gasteiger partial charge in [0.15, 0.2) is 5.82 Å². The summed E-state index contributed by atoms with van der Waals surface area (Å²) in [5.41, 5.74) is -0.255. The second kappa shape index (κ2) is 7.11. The summed E-state index contributed by atoms with van der Waals surface area (Å²) in [5, 5.41) is 8.03. The molecule has 1 atom stereocenters. The quantitative estimate of drug-likeness (QED) is 0.591. The summed E-state index contributed by atoms with van der Waals surface area (Å²) in [6, 6.07) is 0.919. The van der Waals surface area contributed by atoms with Gasteiger partial charge in [-0.1, -0.05) is 5.21 Å². The van der Waals surface area contributed by atoms with E-state index < -0.39 is 23.6 Å². The summed E-state index contributed by atoms with van der Waals surface area (Å²) < 4.78 is 53.9. The average Bonchev–Trinajstić information content (AvgIpc) is 3.09. The van der Waals surface area contributed by atoms with Crippen molar-refractivity contribution >= 4 is 5.91 Å². The van der Waals surface area contributed by atoms with Crippen molar-refractivity contribution in [1.29, 1.82) is 0 Å². The van der Waals surface area contributed by atoms with Gasteiger partial charge in [0.1, 0.15) is 11.4 Å². The Morgan fingerprint density at radius 1 is 1.20 bits per heavy atom. The highest BCUT2D eigenvalue weighted by Crippen LogP contribution is 2.32. The van der Waals surface area contributed by atoms with Gasteiger partial charge in [-0.25, -0.2) is 14.4 Å². The predicted octanol–water partition coefficient (Wildman–Crippen LogP) is 2.51. The Balaban J connectivity index is 1.65. The summed E-state index contributed by atoms with van der Waals surface area (Å²) in [5.74, 6) is -1.01. The SMILES string of the molecule is Cc1c(C(=O)N2Cc3nnn(-c4ncc(F)cn4)c3CC2C)ccnc1C(F)(F)F. The van der Waals surface area contributed by atoms with Gasteiger partial charge >= 0.3 is 6.18 Å². The van der Waals surface area contributed by atoms with Crippen LogP contribution in [-0.2, 0) is 19.1 Å². The second-order valence-electron chi connectivity index (χ2n) is 6.91. The van der Waals surface area contributed by atoms with Gasteiger partial charge in [0.2, 0.25) is 0 Å². The molecule has 0 saturated heterocycles. The van der Waals surface area contributed by atoms with E-state index in [0.29, 0.717) is 17.8 Å². The summed E-state index contributed by atoms with van der Waals surface area (Å²) in [4.78, 5) is 25.6. The molecule has 1 aliphatic rings. The van der Waals surface area contributed by atoms with E-state index in [-0.39, 0.29) is 29.7 Å². The number of alkyl halides is 3. The number of halogens is 4. The highest BCUT2D eigenvalue weighted by molar-refractivity contribution is 5.96. The largest absolute Gasteiger partial charge is 0.433 e. The fraction of sp³-hybridized carbons (Fsp3) is 0.333. The van der Waals surface area contributed by atoms with Crippen LogP contribution in [0.3, 0.4) is 0 Å². The number of amides is 1. The standard InChI is InChI=1S/C18H15F4N7O/c1-9-5-14-13(26-27-29(14)17-24-6-11(19)7-25-17)8-28(9)16(30)12-3-4-23-15(10(12)2)18(20,21)22/h3-4,6-7,9H,5,8H2,1-2H3. The van der Waals surface area contributed by atoms with Gasteiger partial charge in [0, 0.05) is 24.2 Å². The molecule has 3 aromatic rings. The van der Waals surface area contributed by atoms with E-state index >= 15 is 0 Å². The highest BCUT2D eigenvalue weighted by Gasteiger charge is 2.37. The maximum Gasteiger partial charge on any atom is 0.433 e. The van der Waals surface area contributed by atoms with Crippen LogP contribution < -0.4 is 0 Å². The fourth-order valence-corrected chi connectivity index (χ4v) is 3.42. The molecule has 0 saturated carbocycles. The average molecular weight is 421 g/mol. The van der Waals surface area contributed by atoms with Crippen LogP contribution in [0.4, 0.5) is 17.6 Å². The van der Waals surface area contributed by atoms with Gasteiger partial charge in [-0.2, -0.15) is 17.9 Å². The minimum absolute atomic E-state index is 0.0552. The first-order chi connectivity index (χ1) is 14.2. The summed E-state index contributed by atoms with van der Waals surface area (Å²) in [6.07, 6.45) is -1.35. The number of carbonyl (C=O) groups excluding carboxylic acids is 1. The third-order valence-corrected chi connectivity index (χ3v) is 4.94. The molecule has 1 amide bonds. The second-order valence-corrected chi connectivity index (χ2v) is 6.91. The zero-order chi connectivity index (χ0) is 21.6. The molecule has 0 fully saturated rings. The number of pyridine rings is 1. The number of rotatable bonds is 2. The molecule has 0 N–H and O–H groups in total. The lowest BCUT2D eigenvalue weighted by molar-refractivity contribution is -0.141. The Kier molecular flexibility index (Phi) is 4.71. The molecule has 3 aromatic heterocycles. The number of aromatic nitrogens is 6. The van der Waals surface area contributed by atoms with Crippen LogP contribution in [-0.4, -0.2) is 46.8 Å². The van der Waals surface area contributed by atoms with Crippen LogP contribution in [0.25, 0.3) is 5.95 Å². The molecule has 0 radical (unpaired) electrons. The molecule has 4 heterocycles. The molecule has 0 spiro atoms. The maximum atomic E-state index is 13.2. The van der Waals surface area contributed by atoms with E-state index in [1.165, 1.54) is 22.6 Å². The van der Waals surface area contributed by atoms with Gasteiger partial charge in [-0.3, -0.25) is 9.78 Å². The predicted molar refractivity (Wildman–Crippen MR) is 93.9 cm³/mol. The van der Waals surface area contributed by atoms with Crippen molar-refractivity contribution in [3.8, 4) is 5.95 Å². The van der Waals surface area contributed by atoms with E-state index in [0.717, 1.165) is 18.6 Å². The van der Waals surface area contributed by atoms with Crippen molar-refractivity contribution in [2.75, 3.05) is 0 Å². The van der Waals surface area contributed by atoms with Gasteiger partial charge in [0.05, 0.1) is 24.6 Å². The van der Waals surface area contributed by atoms with Gasteiger partial charge in [-0.15, -0.1) is 5.10 Å². The van der Waals surface area contributed by atoms with Crippen molar-refractivity contribution < 1.29 is 22.4 Å². The topological polar surface area (TPSA) is 89.7 Å². The molecule has 30 heavy (non-hydrogen) atoms.